The molecule has 1 aliphatic carbocycles. The first-order valence-corrected chi connectivity index (χ1v) is 11.5. The summed E-state index contributed by atoms with van der Waals surface area (Å²) in [6, 6.07) is 10.6. The number of nitrogen functional groups attached to an aromatic ring is 1. The molecule has 1 fully saturated rings. The third-order valence-corrected chi connectivity index (χ3v) is 6.04. The second-order valence-electron chi connectivity index (χ2n) is 9.11. The summed E-state index contributed by atoms with van der Waals surface area (Å²) < 4.78 is 14.7. The van der Waals surface area contributed by atoms with Crippen LogP contribution in [0.5, 0.6) is 0 Å². The average Bonchev–Trinajstić information content (AvgIpc) is 3.65. The summed E-state index contributed by atoms with van der Waals surface area (Å²) in [5.41, 5.74) is 9.63. The molecule has 3 aromatic rings. The van der Waals surface area contributed by atoms with E-state index < -0.39 is 11.7 Å². The maximum Gasteiger partial charge on any atom is 0.258 e. The minimum Gasteiger partial charge on any atom is -0.373 e. The number of hydrogen-bond acceptors (Lipinski definition) is 6. The zero-order valence-corrected chi connectivity index (χ0v) is 19.9. The molecule has 1 heterocycles. The highest BCUT2D eigenvalue weighted by Crippen LogP contribution is 2.42. The molecule has 1 saturated carbocycles. The molecular formula is C26H31FN6O. The van der Waals surface area contributed by atoms with Gasteiger partial charge < -0.3 is 20.9 Å². The van der Waals surface area contributed by atoms with E-state index in [0.29, 0.717) is 22.7 Å². The number of benzene rings is 2. The van der Waals surface area contributed by atoms with Crippen molar-refractivity contribution in [1.82, 2.24) is 14.9 Å². The molecule has 8 heteroatoms. The van der Waals surface area contributed by atoms with Gasteiger partial charge in [-0.25, -0.2) is 14.4 Å². The number of amides is 1. The number of rotatable bonds is 9. The Balaban J connectivity index is 1.59. The normalized spacial score (nSPS) is 13.2. The number of nitrogens with one attached hydrogen (secondary N) is 1. The van der Waals surface area contributed by atoms with Crippen LogP contribution in [-0.4, -0.2) is 55.0 Å². The van der Waals surface area contributed by atoms with Gasteiger partial charge in [0, 0.05) is 31.5 Å². The Morgan fingerprint density at radius 3 is 2.47 bits per heavy atom. The van der Waals surface area contributed by atoms with Crippen molar-refractivity contribution in [3.8, 4) is 11.1 Å². The predicted octanol–water partition coefficient (Wildman–Crippen LogP) is 4.38. The van der Waals surface area contributed by atoms with E-state index in [1.165, 1.54) is 17.7 Å². The summed E-state index contributed by atoms with van der Waals surface area (Å²) in [6.45, 7) is 1.81. The molecule has 7 nitrogen and oxygen atoms in total. The highest BCUT2D eigenvalue weighted by molar-refractivity contribution is 6.06. The molecule has 0 atom stereocenters. The van der Waals surface area contributed by atoms with Gasteiger partial charge >= 0.3 is 0 Å². The van der Waals surface area contributed by atoms with Gasteiger partial charge in [0.25, 0.3) is 5.91 Å². The number of aromatic nitrogens is 2. The fourth-order valence-corrected chi connectivity index (χ4v) is 3.96. The molecule has 0 spiro atoms. The van der Waals surface area contributed by atoms with Crippen molar-refractivity contribution in [2.75, 3.05) is 50.2 Å². The molecule has 4 rings (SSSR count). The Bertz CT molecular complexity index is 1160. The summed E-state index contributed by atoms with van der Waals surface area (Å²) in [5, 5.41) is 2.98. The van der Waals surface area contributed by atoms with Crippen molar-refractivity contribution in [3.63, 3.8) is 0 Å². The first-order valence-electron chi connectivity index (χ1n) is 11.5. The fourth-order valence-electron chi connectivity index (χ4n) is 3.96. The largest absolute Gasteiger partial charge is 0.373 e. The Morgan fingerprint density at radius 2 is 1.79 bits per heavy atom. The number of nitrogens with zero attached hydrogens (tertiary/aromatic N) is 4. The van der Waals surface area contributed by atoms with Crippen LogP contribution >= 0.6 is 0 Å². The molecule has 0 aliphatic heterocycles. The van der Waals surface area contributed by atoms with E-state index >= 15 is 0 Å². The molecule has 0 bridgehead atoms. The van der Waals surface area contributed by atoms with Gasteiger partial charge in [-0.05, 0) is 81.2 Å². The van der Waals surface area contributed by atoms with E-state index in [2.05, 4.69) is 51.3 Å². The highest BCUT2D eigenvalue weighted by Gasteiger charge is 2.25. The van der Waals surface area contributed by atoms with Crippen molar-refractivity contribution in [2.45, 2.75) is 25.2 Å². The van der Waals surface area contributed by atoms with Crippen LogP contribution in [0.2, 0.25) is 0 Å². The van der Waals surface area contributed by atoms with Crippen LogP contribution in [0, 0.1) is 5.82 Å². The molecule has 0 unspecified atom stereocenters. The molecule has 2 aromatic carbocycles. The molecule has 0 saturated heterocycles. The van der Waals surface area contributed by atoms with Crippen LogP contribution in [0.15, 0.2) is 48.8 Å². The van der Waals surface area contributed by atoms with Gasteiger partial charge in [-0.1, -0.05) is 12.1 Å². The minimum atomic E-state index is -0.586. The second-order valence-corrected chi connectivity index (χ2v) is 9.11. The van der Waals surface area contributed by atoms with E-state index in [9.17, 15) is 9.18 Å². The van der Waals surface area contributed by atoms with Crippen LogP contribution in [0.4, 0.5) is 21.7 Å². The number of anilines is 3. The Kier molecular flexibility index (Phi) is 7.07. The molecule has 34 heavy (non-hydrogen) atoms. The van der Waals surface area contributed by atoms with Gasteiger partial charge in [0.2, 0.25) is 5.95 Å². The second kappa shape index (κ2) is 10.2. The molecule has 1 aliphatic rings. The van der Waals surface area contributed by atoms with Gasteiger partial charge in [-0.2, -0.15) is 0 Å². The molecule has 3 N–H and O–H groups in total. The van der Waals surface area contributed by atoms with Crippen LogP contribution in [0.25, 0.3) is 11.1 Å². The summed E-state index contributed by atoms with van der Waals surface area (Å²) in [5.74, 6) is -0.389. The van der Waals surface area contributed by atoms with E-state index in [4.69, 9.17) is 5.73 Å². The Morgan fingerprint density at radius 1 is 1.06 bits per heavy atom. The van der Waals surface area contributed by atoms with Crippen LogP contribution in [-0.2, 0) is 0 Å². The summed E-state index contributed by atoms with van der Waals surface area (Å²) in [7, 11) is 6.12. The van der Waals surface area contributed by atoms with Gasteiger partial charge in [0.15, 0.2) is 0 Å². The predicted molar refractivity (Wildman–Crippen MR) is 135 cm³/mol. The Labute approximate surface area is 199 Å². The summed E-state index contributed by atoms with van der Waals surface area (Å²) in [4.78, 5) is 25.5. The highest BCUT2D eigenvalue weighted by atomic mass is 19.1. The van der Waals surface area contributed by atoms with Gasteiger partial charge in [0.05, 0.1) is 16.9 Å². The number of hydrogen-bond donors (Lipinski definition) is 2. The van der Waals surface area contributed by atoms with Crippen molar-refractivity contribution in [1.29, 1.82) is 0 Å². The maximum atomic E-state index is 14.7. The SMILES string of the molecule is CN(C)CCCN(C)c1ccc(C2CC2)cc1NC(=O)c1cc(-c2cnc(N)nc2)ccc1F. The van der Waals surface area contributed by atoms with Gasteiger partial charge in [-0.15, -0.1) is 0 Å². The quantitative estimate of drug-likeness (QED) is 0.491. The molecule has 0 radical (unpaired) electrons. The van der Waals surface area contributed by atoms with Gasteiger partial charge in [0.1, 0.15) is 5.82 Å². The first-order chi connectivity index (χ1) is 16.3. The third-order valence-electron chi connectivity index (χ3n) is 6.04. The lowest BCUT2D eigenvalue weighted by Crippen LogP contribution is -2.25. The maximum absolute atomic E-state index is 14.7. The molecule has 178 valence electrons. The lowest BCUT2D eigenvalue weighted by Gasteiger charge is -2.24. The monoisotopic (exact) mass is 462 g/mol. The lowest BCUT2D eigenvalue weighted by molar-refractivity contribution is 0.102. The minimum absolute atomic E-state index is 0.0349. The standard InChI is InChI=1S/C26H31FN6O/c1-32(2)11-4-12-33(3)24-10-8-19(17-5-6-17)14-23(24)31-25(34)21-13-18(7-9-22(21)27)20-15-29-26(28)30-16-20/h7-10,13-17H,4-6,11-12H2,1-3H3,(H,31,34)(H2,28,29,30). The van der Waals surface area contributed by atoms with Crippen molar-refractivity contribution >= 4 is 23.2 Å². The number of carbonyl (C=O) groups excluding carboxylic acids is 1. The average molecular weight is 463 g/mol. The zero-order valence-electron chi connectivity index (χ0n) is 19.9. The lowest BCUT2D eigenvalue weighted by atomic mass is 10.0. The van der Waals surface area contributed by atoms with Crippen molar-refractivity contribution in [3.05, 3.63) is 65.7 Å². The summed E-state index contributed by atoms with van der Waals surface area (Å²) >= 11 is 0. The van der Waals surface area contributed by atoms with Gasteiger partial charge in [-0.3, -0.25) is 4.79 Å². The van der Waals surface area contributed by atoms with E-state index in [0.717, 1.165) is 38.0 Å². The number of halogens is 1. The van der Waals surface area contributed by atoms with E-state index in [1.807, 2.05) is 13.1 Å². The van der Waals surface area contributed by atoms with Crippen LogP contribution in [0.1, 0.15) is 41.1 Å². The van der Waals surface area contributed by atoms with Crippen LogP contribution < -0.4 is 16.0 Å². The van der Waals surface area contributed by atoms with E-state index in [1.54, 1.807) is 18.5 Å². The van der Waals surface area contributed by atoms with Crippen LogP contribution in [0.3, 0.4) is 0 Å². The molecule has 1 amide bonds. The van der Waals surface area contributed by atoms with Crippen molar-refractivity contribution in [2.24, 2.45) is 0 Å². The van der Waals surface area contributed by atoms with Crippen molar-refractivity contribution < 1.29 is 9.18 Å². The topological polar surface area (TPSA) is 87.4 Å². The first kappa shape index (κ1) is 23.6. The summed E-state index contributed by atoms with van der Waals surface area (Å²) in [6.07, 6.45) is 6.41. The fraction of sp³-hybridized carbons (Fsp3) is 0.346. The van der Waals surface area contributed by atoms with E-state index in [-0.39, 0.29) is 11.5 Å². The Hall–Kier alpha value is -3.52. The molecule has 1 aromatic heterocycles. The third kappa shape index (κ3) is 5.69. The smallest absolute Gasteiger partial charge is 0.258 e. The molecular weight excluding hydrogens is 431 g/mol. The number of carbonyl (C=O) groups is 1. The zero-order chi connectivity index (χ0) is 24.2. The number of nitrogens with two attached hydrogens (primary N) is 1.